The van der Waals surface area contributed by atoms with E-state index in [0.29, 0.717) is 28.1 Å². The van der Waals surface area contributed by atoms with Gasteiger partial charge in [0, 0.05) is 11.3 Å². The first kappa shape index (κ1) is 21.9. The molecule has 1 N–H and O–H groups in total. The van der Waals surface area contributed by atoms with Gasteiger partial charge in [0.1, 0.15) is 5.75 Å². The summed E-state index contributed by atoms with van der Waals surface area (Å²) in [6.07, 6.45) is -4.43. The average molecular weight is 429 g/mol. The number of nitrogens with one attached hydrogen (secondary N) is 1. The molecule has 0 saturated heterocycles. The molecular formula is C23H18F3NO4. The molecule has 0 aliphatic rings. The summed E-state index contributed by atoms with van der Waals surface area (Å²) in [4.78, 5) is 23.9. The van der Waals surface area contributed by atoms with Gasteiger partial charge in [-0.1, -0.05) is 30.3 Å². The zero-order valence-corrected chi connectivity index (χ0v) is 16.4. The Morgan fingerprint density at radius 3 is 2.16 bits per heavy atom. The summed E-state index contributed by atoms with van der Waals surface area (Å²) >= 11 is 0. The summed E-state index contributed by atoms with van der Waals surface area (Å²) < 4.78 is 48.2. The van der Waals surface area contributed by atoms with Crippen molar-refractivity contribution in [1.29, 1.82) is 0 Å². The summed E-state index contributed by atoms with van der Waals surface area (Å²) in [6.45, 7) is -0.233. The molecule has 3 rings (SSSR count). The van der Waals surface area contributed by atoms with Crippen LogP contribution in [0.25, 0.3) is 11.1 Å². The molecule has 0 spiro atoms. The number of anilines is 1. The van der Waals surface area contributed by atoms with Gasteiger partial charge in [-0.3, -0.25) is 4.79 Å². The van der Waals surface area contributed by atoms with Crippen molar-refractivity contribution in [2.45, 2.75) is 6.18 Å². The molecule has 0 aliphatic heterocycles. The van der Waals surface area contributed by atoms with Gasteiger partial charge in [-0.05, 0) is 53.6 Å². The summed E-state index contributed by atoms with van der Waals surface area (Å²) in [7, 11) is 1.26. The fourth-order valence-corrected chi connectivity index (χ4v) is 2.81. The Labute approximate surface area is 176 Å². The molecule has 8 heteroatoms. The average Bonchev–Trinajstić information content (AvgIpc) is 2.78. The van der Waals surface area contributed by atoms with Crippen molar-refractivity contribution in [2.24, 2.45) is 0 Å². The number of esters is 1. The van der Waals surface area contributed by atoms with E-state index in [1.165, 1.54) is 19.2 Å². The van der Waals surface area contributed by atoms with E-state index in [1.807, 2.05) is 0 Å². The topological polar surface area (TPSA) is 64.6 Å². The van der Waals surface area contributed by atoms with Gasteiger partial charge in [-0.2, -0.15) is 13.2 Å². The van der Waals surface area contributed by atoms with E-state index in [4.69, 9.17) is 4.74 Å². The number of amides is 1. The van der Waals surface area contributed by atoms with E-state index in [2.05, 4.69) is 10.1 Å². The minimum atomic E-state index is -4.43. The third kappa shape index (κ3) is 5.63. The van der Waals surface area contributed by atoms with Crippen LogP contribution in [0.3, 0.4) is 0 Å². The Bertz CT molecular complexity index is 1060. The van der Waals surface area contributed by atoms with Crippen molar-refractivity contribution >= 4 is 17.6 Å². The number of hydrogen-bond acceptors (Lipinski definition) is 4. The highest BCUT2D eigenvalue weighted by Crippen LogP contribution is 2.32. The van der Waals surface area contributed by atoms with Gasteiger partial charge in [0.15, 0.2) is 6.61 Å². The largest absolute Gasteiger partial charge is 0.482 e. The standard InChI is InChI=1S/C23H18F3NO4/c1-30-21(28)14-31-18-12-10-17(11-13-18)27-22(29)20-5-3-2-4-19(20)15-6-8-16(9-7-15)23(24,25)26/h2-13H,14H2,1H3,(H,27,29). The van der Waals surface area contributed by atoms with Gasteiger partial charge in [0.2, 0.25) is 0 Å². The quantitative estimate of drug-likeness (QED) is 0.549. The Hall–Kier alpha value is -3.81. The van der Waals surface area contributed by atoms with Crippen molar-refractivity contribution in [2.75, 3.05) is 19.0 Å². The lowest BCUT2D eigenvalue weighted by Gasteiger charge is -2.12. The molecule has 0 fully saturated rings. The van der Waals surface area contributed by atoms with E-state index >= 15 is 0 Å². The summed E-state index contributed by atoms with van der Waals surface area (Å²) in [6, 6.07) is 17.6. The van der Waals surface area contributed by atoms with Crippen molar-refractivity contribution in [3.8, 4) is 16.9 Å². The van der Waals surface area contributed by atoms with Crippen molar-refractivity contribution < 1.29 is 32.2 Å². The maximum atomic E-state index is 12.8. The third-order valence-electron chi connectivity index (χ3n) is 4.39. The van der Waals surface area contributed by atoms with Crippen LogP contribution in [-0.4, -0.2) is 25.6 Å². The van der Waals surface area contributed by atoms with Crippen LogP contribution in [0.2, 0.25) is 0 Å². The highest BCUT2D eigenvalue weighted by molar-refractivity contribution is 6.08. The second-order valence-electron chi connectivity index (χ2n) is 6.46. The van der Waals surface area contributed by atoms with Gasteiger partial charge < -0.3 is 14.8 Å². The molecule has 5 nitrogen and oxygen atoms in total. The van der Waals surface area contributed by atoms with Gasteiger partial charge in [0.05, 0.1) is 12.7 Å². The van der Waals surface area contributed by atoms with Crippen LogP contribution in [0.5, 0.6) is 5.75 Å². The van der Waals surface area contributed by atoms with Crippen LogP contribution in [0.4, 0.5) is 18.9 Å². The lowest BCUT2D eigenvalue weighted by Crippen LogP contribution is -2.14. The number of rotatable bonds is 6. The lowest BCUT2D eigenvalue weighted by molar-refractivity contribution is -0.143. The SMILES string of the molecule is COC(=O)COc1ccc(NC(=O)c2ccccc2-c2ccc(C(F)(F)F)cc2)cc1. The second kappa shape index (κ2) is 9.34. The highest BCUT2D eigenvalue weighted by atomic mass is 19.4. The zero-order chi connectivity index (χ0) is 22.4. The molecule has 0 bridgehead atoms. The maximum Gasteiger partial charge on any atom is 0.416 e. The number of carbonyl (C=O) groups is 2. The van der Waals surface area contributed by atoms with Gasteiger partial charge in [-0.25, -0.2) is 4.79 Å². The first-order valence-corrected chi connectivity index (χ1v) is 9.15. The first-order chi connectivity index (χ1) is 14.8. The molecule has 0 radical (unpaired) electrons. The second-order valence-corrected chi connectivity index (χ2v) is 6.46. The number of benzene rings is 3. The molecule has 160 valence electrons. The number of alkyl halides is 3. The minimum Gasteiger partial charge on any atom is -0.482 e. The summed E-state index contributed by atoms with van der Waals surface area (Å²) in [5, 5.41) is 2.74. The predicted molar refractivity (Wildman–Crippen MR) is 109 cm³/mol. The fourth-order valence-electron chi connectivity index (χ4n) is 2.81. The molecule has 0 saturated carbocycles. The van der Waals surface area contributed by atoms with E-state index < -0.39 is 23.6 Å². The van der Waals surface area contributed by atoms with E-state index in [-0.39, 0.29) is 6.61 Å². The van der Waals surface area contributed by atoms with Crippen molar-refractivity contribution in [3.05, 3.63) is 83.9 Å². The van der Waals surface area contributed by atoms with Crippen LogP contribution >= 0.6 is 0 Å². The summed E-state index contributed by atoms with van der Waals surface area (Å²) in [5.41, 5.74) is 1.04. The molecule has 1 amide bonds. The Morgan fingerprint density at radius 1 is 0.903 bits per heavy atom. The van der Waals surface area contributed by atoms with E-state index in [1.54, 1.807) is 48.5 Å². The molecule has 0 heterocycles. The van der Waals surface area contributed by atoms with Crippen LogP contribution in [0.15, 0.2) is 72.8 Å². The zero-order valence-electron chi connectivity index (χ0n) is 16.4. The maximum absolute atomic E-state index is 12.8. The lowest BCUT2D eigenvalue weighted by atomic mass is 9.98. The number of halogens is 3. The van der Waals surface area contributed by atoms with Crippen LogP contribution < -0.4 is 10.1 Å². The Kier molecular flexibility index (Phi) is 6.59. The molecule has 3 aromatic carbocycles. The predicted octanol–water partition coefficient (Wildman–Crippen LogP) is 5.18. The first-order valence-electron chi connectivity index (χ1n) is 9.15. The number of carbonyl (C=O) groups excluding carboxylic acids is 2. The monoisotopic (exact) mass is 429 g/mol. The Balaban J connectivity index is 1.75. The van der Waals surface area contributed by atoms with Gasteiger partial charge in [-0.15, -0.1) is 0 Å². The molecule has 31 heavy (non-hydrogen) atoms. The van der Waals surface area contributed by atoms with Gasteiger partial charge in [0.25, 0.3) is 5.91 Å². The number of hydrogen-bond donors (Lipinski definition) is 1. The van der Waals surface area contributed by atoms with Crippen molar-refractivity contribution in [1.82, 2.24) is 0 Å². The van der Waals surface area contributed by atoms with E-state index in [9.17, 15) is 22.8 Å². The minimum absolute atomic E-state index is 0.233. The number of ether oxygens (including phenoxy) is 2. The molecule has 0 aromatic heterocycles. The third-order valence-corrected chi connectivity index (χ3v) is 4.39. The molecular weight excluding hydrogens is 411 g/mol. The summed E-state index contributed by atoms with van der Waals surface area (Å²) in [5.74, 6) is -0.510. The van der Waals surface area contributed by atoms with Crippen molar-refractivity contribution in [3.63, 3.8) is 0 Å². The molecule has 0 aliphatic carbocycles. The molecule has 3 aromatic rings. The fraction of sp³-hybridized carbons (Fsp3) is 0.130. The normalized spacial score (nSPS) is 11.0. The van der Waals surface area contributed by atoms with Gasteiger partial charge >= 0.3 is 12.1 Å². The van der Waals surface area contributed by atoms with E-state index in [0.717, 1.165) is 12.1 Å². The molecule has 0 atom stereocenters. The van der Waals surface area contributed by atoms with Crippen LogP contribution in [0.1, 0.15) is 15.9 Å². The Morgan fingerprint density at radius 2 is 1.55 bits per heavy atom. The highest BCUT2D eigenvalue weighted by Gasteiger charge is 2.30. The number of methoxy groups -OCH3 is 1. The molecule has 0 unspecified atom stereocenters. The van der Waals surface area contributed by atoms with Crippen LogP contribution in [0, 0.1) is 0 Å². The smallest absolute Gasteiger partial charge is 0.416 e. The van der Waals surface area contributed by atoms with Crippen LogP contribution in [-0.2, 0) is 15.7 Å².